The van der Waals surface area contributed by atoms with E-state index in [1.54, 1.807) is 31.3 Å². The summed E-state index contributed by atoms with van der Waals surface area (Å²) in [6.45, 7) is 0.376. The van der Waals surface area contributed by atoms with Crippen molar-refractivity contribution >= 4 is 23.4 Å². The van der Waals surface area contributed by atoms with Crippen LogP contribution in [-0.2, 0) is 9.59 Å². The highest BCUT2D eigenvalue weighted by Gasteiger charge is 2.27. The van der Waals surface area contributed by atoms with E-state index in [1.165, 1.54) is 0 Å². The minimum absolute atomic E-state index is 0.102. The molecule has 1 aliphatic rings. The molecule has 0 aromatic heterocycles. The number of benzene rings is 1. The number of anilines is 1. The first-order chi connectivity index (χ1) is 9.10. The molecular formula is C13H15N3O3. The third kappa shape index (κ3) is 3.09. The zero-order chi connectivity index (χ0) is 13.8. The predicted molar refractivity (Wildman–Crippen MR) is 69.6 cm³/mol. The van der Waals surface area contributed by atoms with Crippen LogP contribution in [0.3, 0.4) is 0 Å². The summed E-state index contributed by atoms with van der Waals surface area (Å²) in [5, 5.41) is 7.86. The first-order valence-electron chi connectivity index (χ1n) is 6.00. The summed E-state index contributed by atoms with van der Waals surface area (Å²) in [5.41, 5.74) is 1.13. The zero-order valence-electron chi connectivity index (χ0n) is 10.5. The van der Waals surface area contributed by atoms with E-state index in [0.717, 1.165) is 0 Å². The fourth-order valence-electron chi connectivity index (χ4n) is 1.88. The average molecular weight is 261 g/mol. The van der Waals surface area contributed by atoms with Crippen molar-refractivity contribution in [1.82, 2.24) is 10.6 Å². The lowest BCUT2D eigenvalue weighted by molar-refractivity contribution is -0.123. The number of rotatable bonds is 3. The third-order valence-corrected chi connectivity index (χ3v) is 2.99. The molecule has 0 radical (unpaired) electrons. The van der Waals surface area contributed by atoms with Gasteiger partial charge in [0.1, 0.15) is 0 Å². The number of carbonyl (C=O) groups is 3. The van der Waals surface area contributed by atoms with Crippen molar-refractivity contribution in [2.75, 3.05) is 18.9 Å². The summed E-state index contributed by atoms with van der Waals surface area (Å²) < 4.78 is 0. The van der Waals surface area contributed by atoms with Gasteiger partial charge < -0.3 is 16.0 Å². The maximum absolute atomic E-state index is 11.9. The largest absolute Gasteiger partial charge is 0.355 e. The SMILES string of the molecule is CNC(=O)c1ccc(NC(=O)C2CNC(=O)C2)cc1. The number of nitrogens with one attached hydrogen (secondary N) is 3. The zero-order valence-corrected chi connectivity index (χ0v) is 10.5. The van der Waals surface area contributed by atoms with E-state index in [0.29, 0.717) is 17.8 Å². The second-order valence-electron chi connectivity index (χ2n) is 4.35. The smallest absolute Gasteiger partial charge is 0.251 e. The van der Waals surface area contributed by atoms with Crippen LogP contribution in [0.4, 0.5) is 5.69 Å². The first-order valence-corrected chi connectivity index (χ1v) is 6.00. The summed E-state index contributed by atoms with van der Waals surface area (Å²) in [6, 6.07) is 6.58. The lowest BCUT2D eigenvalue weighted by Crippen LogP contribution is -2.24. The molecule has 1 atom stereocenters. The van der Waals surface area contributed by atoms with Crippen LogP contribution in [0.1, 0.15) is 16.8 Å². The summed E-state index contributed by atoms with van der Waals surface area (Å²) in [6.07, 6.45) is 0.224. The minimum Gasteiger partial charge on any atom is -0.355 e. The lowest BCUT2D eigenvalue weighted by Gasteiger charge is -2.09. The van der Waals surface area contributed by atoms with Crippen molar-refractivity contribution in [2.24, 2.45) is 5.92 Å². The summed E-state index contributed by atoms with van der Waals surface area (Å²) in [7, 11) is 1.56. The Balaban J connectivity index is 1.97. The lowest BCUT2D eigenvalue weighted by atomic mass is 10.1. The number of hydrogen-bond acceptors (Lipinski definition) is 3. The maximum atomic E-state index is 11.9. The molecule has 3 N–H and O–H groups in total. The fourth-order valence-corrected chi connectivity index (χ4v) is 1.88. The van der Waals surface area contributed by atoms with Gasteiger partial charge >= 0.3 is 0 Å². The summed E-state index contributed by atoms with van der Waals surface area (Å²) in [5.74, 6) is -0.796. The van der Waals surface area contributed by atoms with Crippen molar-refractivity contribution in [1.29, 1.82) is 0 Å². The Hall–Kier alpha value is -2.37. The standard InChI is InChI=1S/C13H15N3O3/c1-14-12(18)8-2-4-10(5-3-8)16-13(19)9-6-11(17)15-7-9/h2-5,9H,6-7H2,1H3,(H,14,18)(H,15,17)(H,16,19). The molecule has 100 valence electrons. The molecule has 0 saturated carbocycles. The molecule has 6 heteroatoms. The highest BCUT2D eigenvalue weighted by Crippen LogP contribution is 2.14. The van der Waals surface area contributed by atoms with Gasteiger partial charge in [-0.05, 0) is 24.3 Å². The van der Waals surface area contributed by atoms with Crippen molar-refractivity contribution in [2.45, 2.75) is 6.42 Å². The van der Waals surface area contributed by atoms with E-state index >= 15 is 0 Å². The predicted octanol–water partition coefficient (Wildman–Crippen LogP) is 0.121. The van der Waals surface area contributed by atoms with Gasteiger partial charge in [-0.1, -0.05) is 0 Å². The quantitative estimate of drug-likeness (QED) is 0.722. The molecule has 1 saturated heterocycles. The van der Waals surface area contributed by atoms with E-state index in [2.05, 4.69) is 16.0 Å². The summed E-state index contributed by atoms with van der Waals surface area (Å²) in [4.78, 5) is 34.2. The second-order valence-corrected chi connectivity index (χ2v) is 4.35. The van der Waals surface area contributed by atoms with Gasteiger partial charge in [-0.2, -0.15) is 0 Å². The molecule has 0 aliphatic carbocycles. The monoisotopic (exact) mass is 261 g/mol. The van der Waals surface area contributed by atoms with Crippen LogP contribution >= 0.6 is 0 Å². The Morgan fingerprint density at radius 3 is 2.47 bits per heavy atom. The Bertz CT molecular complexity index is 510. The molecule has 3 amide bonds. The second kappa shape index (κ2) is 5.51. The van der Waals surface area contributed by atoms with Crippen LogP contribution in [-0.4, -0.2) is 31.3 Å². The van der Waals surface area contributed by atoms with Gasteiger partial charge in [0, 0.05) is 31.3 Å². The van der Waals surface area contributed by atoms with Gasteiger partial charge in [0.15, 0.2) is 0 Å². The molecule has 2 rings (SSSR count). The number of amides is 3. The van der Waals surface area contributed by atoms with Gasteiger partial charge in [0.2, 0.25) is 11.8 Å². The summed E-state index contributed by atoms with van der Waals surface area (Å²) >= 11 is 0. The highest BCUT2D eigenvalue weighted by atomic mass is 16.2. The molecule has 1 aromatic rings. The molecule has 1 fully saturated rings. The fraction of sp³-hybridized carbons (Fsp3) is 0.308. The van der Waals surface area contributed by atoms with Gasteiger partial charge in [-0.3, -0.25) is 14.4 Å². The third-order valence-electron chi connectivity index (χ3n) is 2.99. The molecule has 19 heavy (non-hydrogen) atoms. The van der Waals surface area contributed by atoms with Crippen molar-refractivity contribution in [3.05, 3.63) is 29.8 Å². The van der Waals surface area contributed by atoms with Crippen molar-refractivity contribution in [3.8, 4) is 0 Å². The van der Waals surface area contributed by atoms with Gasteiger partial charge in [0.25, 0.3) is 5.91 Å². The van der Waals surface area contributed by atoms with Crippen LogP contribution in [0.15, 0.2) is 24.3 Å². The molecular weight excluding hydrogens is 246 g/mol. The van der Waals surface area contributed by atoms with Crippen LogP contribution in [0.25, 0.3) is 0 Å². The van der Waals surface area contributed by atoms with E-state index in [9.17, 15) is 14.4 Å². The number of hydrogen-bond donors (Lipinski definition) is 3. The van der Waals surface area contributed by atoms with Crippen LogP contribution in [0, 0.1) is 5.92 Å². The molecule has 6 nitrogen and oxygen atoms in total. The normalized spacial score (nSPS) is 17.7. The molecule has 1 aromatic carbocycles. The van der Waals surface area contributed by atoms with Crippen molar-refractivity contribution < 1.29 is 14.4 Å². The maximum Gasteiger partial charge on any atom is 0.251 e. The van der Waals surface area contributed by atoms with E-state index in [4.69, 9.17) is 0 Å². The van der Waals surface area contributed by atoms with Gasteiger partial charge in [-0.25, -0.2) is 0 Å². The van der Waals surface area contributed by atoms with Gasteiger partial charge in [-0.15, -0.1) is 0 Å². The number of carbonyl (C=O) groups excluding carboxylic acids is 3. The van der Waals surface area contributed by atoms with Gasteiger partial charge in [0.05, 0.1) is 5.92 Å². The first kappa shape index (κ1) is 13.1. The topological polar surface area (TPSA) is 87.3 Å². The van der Waals surface area contributed by atoms with E-state index < -0.39 is 0 Å². The van der Waals surface area contributed by atoms with E-state index in [-0.39, 0.29) is 30.1 Å². The minimum atomic E-state index is -0.328. The molecule has 1 heterocycles. The van der Waals surface area contributed by atoms with Crippen molar-refractivity contribution in [3.63, 3.8) is 0 Å². The van der Waals surface area contributed by atoms with E-state index in [1.807, 2.05) is 0 Å². The molecule has 0 bridgehead atoms. The van der Waals surface area contributed by atoms with Crippen LogP contribution < -0.4 is 16.0 Å². The Morgan fingerprint density at radius 1 is 1.26 bits per heavy atom. The molecule has 0 spiro atoms. The Labute approximate surface area is 110 Å². The van der Waals surface area contributed by atoms with Crippen LogP contribution in [0.2, 0.25) is 0 Å². The van der Waals surface area contributed by atoms with Crippen LogP contribution in [0.5, 0.6) is 0 Å². The Kier molecular flexibility index (Phi) is 3.79. The molecule has 1 unspecified atom stereocenters. The average Bonchev–Trinajstić information content (AvgIpc) is 2.85. The molecule has 1 aliphatic heterocycles. The Morgan fingerprint density at radius 2 is 1.95 bits per heavy atom. The highest BCUT2D eigenvalue weighted by molar-refractivity contribution is 5.98.